The maximum atomic E-state index is 12.7. The van der Waals surface area contributed by atoms with Crippen LogP contribution in [0.15, 0.2) is 36.4 Å². The number of amides is 1. The third-order valence-corrected chi connectivity index (χ3v) is 4.43. The summed E-state index contributed by atoms with van der Waals surface area (Å²) in [5, 5.41) is 11.3. The van der Waals surface area contributed by atoms with Gasteiger partial charge in [0.2, 0.25) is 5.91 Å². The molecule has 3 aromatic rings. The fraction of sp³-hybridized carbons (Fsp3) is 0.263. The van der Waals surface area contributed by atoms with Crippen molar-refractivity contribution >= 4 is 39.5 Å². The van der Waals surface area contributed by atoms with Crippen LogP contribution in [0.4, 0.5) is 5.82 Å². The molecule has 0 saturated heterocycles. The highest BCUT2D eigenvalue weighted by Gasteiger charge is 2.45. The number of benzene rings is 2. The van der Waals surface area contributed by atoms with E-state index in [4.69, 9.17) is 4.74 Å². The number of hydrogen-bond acceptors (Lipinski definition) is 6. The van der Waals surface area contributed by atoms with Gasteiger partial charge < -0.3 is 9.84 Å². The number of carbonyl (C=O) groups excluding carboxylic acids is 2. The van der Waals surface area contributed by atoms with Gasteiger partial charge in [-0.3, -0.25) is 14.5 Å². The fourth-order valence-electron chi connectivity index (χ4n) is 3.27. The smallest absolute Gasteiger partial charge is 0.324 e. The second-order valence-electron chi connectivity index (χ2n) is 6.02. The minimum atomic E-state index is -1.14. The molecule has 7 nitrogen and oxygen atoms in total. The van der Waals surface area contributed by atoms with E-state index in [2.05, 4.69) is 9.97 Å². The molecule has 1 atom stereocenters. The Hall–Kier alpha value is -3.06. The van der Waals surface area contributed by atoms with Gasteiger partial charge in [0.15, 0.2) is 11.7 Å². The molecule has 0 saturated carbocycles. The zero-order valence-corrected chi connectivity index (χ0v) is 14.2. The Morgan fingerprint density at radius 2 is 1.85 bits per heavy atom. The molecule has 0 radical (unpaired) electrons. The Bertz CT molecular complexity index is 1030. The summed E-state index contributed by atoms with van der Waals surface area (Å²) in [4.78, 5) is 35.5. The maximum absolute atomic E-state index is 12.7. The first-order chi connectivity index (χ1) is 12.6. The molecule has 1 N–H and O–H groups in total. The molecular formula is C19H17N3O4. The van der Waals surface area contributed by atoms with Crippen molar-refractivity contribution in [2.45, 2.75) is 12.8 Å². The molecule has 4 rings (SSSR count). The van der Waals surface area contributed by atoms with Gasteiger partial charge >= 0.3 is 5.97 Å². The van der Waals surface area contributed by atoms with Crippen LogP contribution >= 0.6 is 0 Å². The Balaban J connectivity index is 1.93. The lowest BCUT2D eigenvalue weighted by Crippen LogP contribution is -2.34. The van der Waals surface area contributed by atoms with Crippen molar-refractivity contribution in [1.29, 1.82) is 0 Å². The van der Waals surface area contributed by atoms with Crippen LogP contribution in [0.25, 0.3) is 21.8 Å². The lowest BCUT2D eigenvalue weighted by atomic mass is 10.1. The molecule has 1 unspecified atom stereocenters. The second kappa shape index (κ2) is 6.34. The SMILES string of the molecule is CCOC(=O)C1C(=O)N(CCO)c2nc3cc4ccccc4cc3nc21. The number of aliphatic hydroxyl groups is 1. The van der Waals surface area contributed by atoms with E-state index in [1.807, 2.05) is 36.4 Å². The molecule has 2 aromatic carbocycles. The number of aromatic nitrogens is 2. The summed E-state index contributed by atoms with van der Waals surface area (Å²) in [6.07, 6.45) is 0. The average molecular weight is 351 g/mol. The third kappa shape index (κ3) is 2.48. The largest absolute Gasteiger partial charge is 0.465 e. The monoisotopic (exact) mass is 351 g/mol. The van der Waals surface area contributed by atoms with Gasteiger partial charge in [0, 0.05) is 0 Å². The Labute approximate surface area is 149 Å². The minimum Gasteiger partial charge on any atom is -0.465 e. The van der Waals surface area contributed by atoms with Crippen molar-refractivity contribution in [2.75, 3.05) is 24.7 Å². The summed E-state index contributed by atoms with van der Waals surface area (Å²) in [7, 11) is 0. The molecule has 1 aliphatic rings. The van der Waals surface area contributed by atoms with Crippen LogP contribution in [0.3, 0.4) is 0 Å². The lowest BCUT2D eigenvalue weighted by Gasteiger charge is -2.15. The average Bonchev–Trinajstić information content (AvgIpc) is 2.90. The molecule has 0 fully saturated rings. The van der Waals surface area contributed by atoms with Crippen molar-refractivity contribution in [3.8, 4) is 0 Å². The second-order valence-corrected chi connectivity index (χ2v) is 6.02. The van der Waals surface area contributed by atoms with Crippen LogP contribution in [0.5, 0.6) is 0 Å². The van der Waals surface area contributed by atoms with E-state index < -0.39 is 17.8 Å². The number of esters is 1. The van der Waals surface area contributed by atoms with E-state index in [1.54, 1.807) is 6.92 Å². The van der Waals surface area contributed by atoms with E-state index in [1.165, 1.54) is 4.90 Å². The molecule has 26 heavy (non-hydrogen) atoms. The summed E-state index contributed by atoms with van der Waals surface area (Å²) in [5.74, 6) is -1.94. The van der Waals surface area contributed by atoms with Gasteiger partial charge in [-0.2, -0.15) is 0 Å². The fourth-order valence-corrected chi connectivity index (χ4v) is 3.27. The number of ether oxygens (including phenoxy) is 1. The maximum Gasteiger partial charge on any atom is 0.324 e. The van der Waals surface area contributed by atoms with Crippen molar-refractivity contribution in [2.24, 2.45) is 0 Å². The van der Waals surface area contributed by atoms with Gasteiger partial charge in [-0.05, 0) is 29.8 Å². The molecule has 1 amide bonds. The summed E-state index contributed by atoms with van der Waals surface area (Å²) in [6, 6.07) is 11.6. The number of anilines is 1. The van der Waals surface area contributed by atoms with Crippen molar-refractivity contribution in [1.82, 2.24) is 9.97 Å². The van der Waals surface area contributed by atoms with E-state index in [0.29, 0.717) is 16.9 Å². The van der Waals surface area contributed by atoms with Crippen LogP contribution in [-0.2, 0) is 14.3 Å². The molecule has 7 heteroatoms. The molecule has 1 aliphatic heterocycles. The van der Waals surface area contributed by atoms with Gasteiger partial charge in [-0.1, -0.05) is 24.3 Å². The molecule has 0 spiro atoms. The van der Waals surface area contributed by atoms with Crippen LogP contribution in [0, 0.1) is 0 Å². The first-order valence-electron chi connectivity index (χ1n) is 8.43. The first-order valence-corrected chi connectivity index (χ1v) is 8.43. The Kier molecular flexibility index (Phi) is 4.00. The van der Waals surface area contributed by atoms with Crippen LogP contribution < -0.4 is 4.90 Å². The van der Waals surface area contributed by atoms with Crippen LogP contribution in [0.2, 0.25) is 0 Å². The van der Waals surface area contributed by atoms with Gasteiger partial charge in [0.1, 0.15) is 5.69 Å². The summed E-state index contributed by atoms with van der Waals surface area (Å²) in [5.41, 5.74) is 1.52. The third-order valence-electron chi connectivity index (χ3n) is 4.43. The van der Waals surface area contributed by atoms with E-state index in [-0.39, 0.29) is 25.5 Å². The number of fused-ring (bicyclic) bond motifs is 3. The standard InChI is InChI=1S/C19H17N3O4/c1-2-26-19(25)15-16-17(22(7-8-23)18(15)24)21-14-10-12-6-4-3-5-11(12)9-13(14)20-16/h3-6,9-10,15,23H,2,7-8H2,1H3. The highest BCUT2D eigenvalue weighted by Crippen LogP contribution is 2.37. The zero-order valence-electron chi connectivity index (χ0n) is 14.2. The van der Waals surface area contributed by atoms with Crippen molar-refractivity contribution in [3.63, 3.8) is 0 Å². The van der Waals surface area contributed by atoms with Gasteiger partial charge in [-0.15, -0.1) is 0 Å². The highest BCUT2D eigenvalue weighted by molar-refractivity contribution is 6.15. The van der Waals surface area contributed by atoms with Crippen LogP contribution in [-0.4, -0.2) is 46.7 Å². The normalized spacial score (nSPS) is 16.3. The predicted octanol–water partition coefficient (Wildman–Crippen LogP) is 1.77. The Morgan fingerprint density at radius 1 is 1.19 bits per heavy atom. The number of rotatable bonds is 4. The zero-order chi connectivity index (χ0) is 18.3. The Morgan fingerprint density at radius 3 is 2.46 bits per heavy atom. The first kappa shape index (κ1) is 16.4. The molecule has 1 aromatic heterocycles. The van der Waals surface area contributed by atoms with Gasteiger partial charge in [0.05, 0.1) is 30.8 Å². The quantitative estimate of drug-likeness (QED) is 0.437. The summed E-state index contributed by atoms with van der Waals surface area (Å²) in [6.45, 7) is 1.67. The molecule has 0 aliphatic carbocycles. The van der Waals surface area contributed by atoms with E-state index >= 15 is 0 Å². The molecular weight excluding hydrogens is 334 g/mol. The van der Waals surface area contributed by atoms with Crippen molar-refractivity contribution < 1.29 is 19.4 Å². The van der Waals surface area contributed by atoms with Gasteiger partial charge in [-0.25, -0.2) is 9.97 Å². The minimum absolute atomic E-state index is 0.0511. The number of nitrogens with zero attached hydrogens (tertiary/aromatic N) is 3. The molecule has 0 bridgehead atoms. The number of aliphatic hydroxyl groups excluding tert-OH is 1. The van der Waals surface area contributed by atoms with E-state index in [0.717, 1.165) is 10.8 Å². The number of hydrogen-bond donors (Lipinski definition) is 1. The lowest BCUT2D eigenvalue weighted by molar-refractivity contribution is -0.147. The van der Waals surface area contributed by atoms with Gasteiger partial charge in [0.25, 0.3) is 0 Å². The van der Waals surface area contributed by atoms with Crippen LogP contribution in [0.1, 0.15) is 18.5 Å². The summed E-state index contributed by atoms with van der Waals surface area (Å²) >= 11 is 0. The van der Waals surface area contributed by atoms with Crippen molar-refractivity contribution in [3.05, 3.63) is 42.1 Å². The summed E-state index contributed by atoms with van der Waals surface area (Å²) < 4.78 is 5.05. The molecule has 132 valence electrons. The molecule has 2 heterocycles. The number of β-amino-alcohol motifs (C(OH)–C–C–N with tert-alkyl or cyclic N) is 1. The highest BCUT2D eigenvalue weighted by atomic mass is 16.5. The number of carbonyl (C=O) groups is 2. The van der Waals surface area contributed by atoms with E-state index in [9.17, 15) is 14.7 Å². The topological polar surface area (TPSA) is 92.6 Å². The predicted molar refractivity (Wildman–Crippen MR) is 95.9 cm³/mol.